The molecule has 33 heavy (non-hydrogen) atoms. The van der Waals surface area contributed by atoms with Crippen LogP contribution in [0.2, 0.25) is 0 Å². The molecule has 0 spiro atoms. The predicted molar refractivity (Wildman–Crippen MR) is 125 cm³/mol. The SMILES string of the molecule is CC(C)n1ccnc1-c1cccc(N2Cc3ccc(C4CCCC(C(=O)O)C4)cc3C2=O)n1. The summed E-state index contributed by atoms with van der Waals surface area (Å²) in [6.45, 7) is 4.67. The third-order valence-electron chi connectivity index (χ3n) is 6.90. The average molecular weight is 445 g/mol. The van der Waals surface area contributed by atoms with Crippen LogP contribution >= 0.6 is 0 Å². The smallest absolute Gasteiger partial charge is 0.306 e. The Hall–Kier alpha value is -3.48. The number of aromatic nitrogens is 3. The third-order valence-corrected chi connectivity index (χ3v) is 6.90. The molecule has 5 rings (SSSR count). The molecule has 2 aliphatic rings. The van der Waals surface area contributed by atoms with Crippen molar-refractivity contribution in [2.75, 3.05) is 4.90 Å². The van der Waals surface area contributed by atoms with Crippen LogP contribution in [0.25, 0.3) is 11.5 Å². The Labute approximate surface area is 193 Å². The van der Waals surface area contributed by atoms with Crippen molar-refractivity contribution in [3.05, 3.63) is 65.5 Å². The number of carboxylic acid groups (broad SMARTS) is 1. The van der Waals surface area contributed by atoms with Crippen molar-refractivity contribution in [3.63, 3.8) is 0 Å². The maximum absolute atomic E-state index is 13.3. The summed E-state index contributed by atoms with van der Waals surface area (Å²) in [5, 5.41) is 9.43. The number of benzene rings is 1. The second-order valence-electron chi connectivity index (χ2n) is 9.34. The van der Waals surface area contributed by atoms with E-state index in [1.165, 1.54) is 0 Å². The highest BCUT2D eigenvalue weighted by Crippen LogP contribution is 2.38. The molecule has 1 amide bonds. The van der Waals surface area contributed by atoms with Gasteiger partial charge in [-0.1, -0.05) is 24.6 Å². The monoisotopic (exact) mass is 444 g/mol. The standard InChI is InChI=1S/C26H28N4O3/c1-16(2)29-12-11-27-24(29)22-7-4-8-23(28-22)30-15-20-10-9-18(14-21(20)25(30)31)17-5-3-6-19(13-17)26(32)33/h4,7-12,14,16-17,19H,3,5-6,13,15H2,1-2H3,(H,32,33). The number of carbonyl (C=O) groups is 2. The first-order valence-corrected chi connectivity index (χ1v) is 11.6. The van der Waals surface area contributed by atoms with Crippen molar-refractivity contribution < 1.29 is 14.7 Å². The molecule has 1 aliphatic carbocycles. The minimum atomic E-state index is -0.716. The molecule has 1 aromatic carbocycles. The van der Waals surface area contributed by atoms with Crippen LogP contribution in [0.5, 0.6) is 0 Å². The summed E-state index contributed by atoms with van der Waals surface area (Å²) >= 11 is 0. The number of hydrogen-bond donors (Lipinski definition) is 1. The first-order chi connectivity index (χ1) is 15.9. The van der Waals surface area contributed by atoms with Crippen molar-refractivity contribution in [2.24, 2.45) is 5.92 Å². The Bertz CT molecular complexity index is 1220. The molecule has 1 N–H and O–H groups in total. The molecule has 2 atom stereocenters. The maximum atomic E-state index is 13.3. The van der Waals surface area contributed by atoms with E-state index in [0.717, 1.165) is 41.9 Å². The fourth-order valence-electron chi connectivity index (χ4n) is 5.10. The number of hydrogen-bond acceptors (Lipinski definition) is 4. The quantitative estimate of drug-likeness (QED) is 0.595. The normalized spacial score (nSPS) is 20.3. The van der Waals surface area contributed by atoms with Crippen molar-refractivity contribution in [2.45, 2.75) is 58.0 Å². The zero-order valence-electron chi connectivity index (χ0n) is 18.9. The number of amides is 1. The largest absolute Gasteiger partial charge is 0.481 e. The molecule has 1 saturated carbocycles. The number of pyridine rings is 1. The molecule has 0 bridgehead atoms. The summed E-state index contributed by atoms with van der Waals surface area (Å²) in [6.07, 6.45) is 6.95. The predicted octanol–water partition coefficient (Wildman–Crippen LogP) is 5.04. The second kappa shape index (κ2) is 8.46. The Morgan fingerprint density at radius 2 is 2.03 bits per heavy atom. The molecular weight excluding hydrogens is 416 g/mol. The van der Waals surface area contributed by atoms with Gasteiger partial charge in [0.05, 0.1) is 12.5 Å². The van der Waals surface area contributed by atoms with Crippen molar-refractivity contribution in [1.29, 1.82) is 0 Å². The summed E-state index contributed by atoms with van der Waals surface area (Å²) in [7, 11) is 0. The molecule has 2 aromatic heterocycles. The molecule has 7 nitrogen and oxygen atoms in total. The molecule has 170 valence electrons. The minimum Gasteiger partial charge on any atom is -0.481 e. The van der Waals surface area contributed by atoms with Crippen molar-refractivity contribution >= 4 is 17.7 Å². The van der Waals surface area contributed by atoms with Crippen LogP contribution in [-0.4, -0.2) is 31.5 Å². The zero-order chi connectivity index (χ0) is 23.1. The van der Waals surface area contributed by atoms with Gasteiger partial charge >= 0.3 is 5.97 Å². The van der Waals surface area contributed by atoms with E-state index in [1.807, 2.05) is 36.5 Å². The highest BCUT2D eigenvalue weighted by atomic mass is 16.4. The van der Waals surface area contributed by atoms with E-state index in [-0.39, 0.29) is 23.8 Å². The van der Waals surface area contributed by atoms with E-state index in [2.05, 4.69) is 29.5 Å². The van der Waals surface area contributed by atoms with Crippen LogP contribution in [0.1, 0.15) is 73.0 Å². The van der Waals surface area contributed by atoms with Gasteiger partial charge in [-0.25, -0.2) is 9.97 Å². The van der Waals surface area contributed by atoms with E-state index in [9.17, 15) is 14.7 Å². The molecule has 3 aromatic rings. The first kappa shape index (κ1) is 21.4. The molecule has 7 heteroatoms. The molecule has 1 fully saturated rings. The van der Waals surface area contributed by atoms with Crippen molar-refractivity contribution in [3.8, 4) is 11.5 Å². The van der Waals surface area contributed by atoms with E-state index >= 15 is 0 Å². The van der Waals surface area contributed by atoms with Gasteiger partial charge in [0.15, 0.2) is 5.82 Å². The van der Waals surface area contributed by atoms with Crippen LogP contribution < -0.4 is 4.90 Å². The lowest BCUT2D eigenvalue weighted by atomic mass is 9.77. The summed E-state index contributed by atoms with van der Waals surface area (Å²) in [6, 6.07) is 12.0. The van der Waals surface area contributed by atoms with Crippen molar-refractivity contribution in [1.82, 2.24) is 14.5 Å². The van der Waals surface area contributed by atoms with Gasteiger partial charge in [-0.3, -0.25) is 14.5 Å². The van der Waals surface area contributed by atoms with E-state index in [4.69, 9.17) is 4.98 Å². The number of anilines is 1. The lowest BCUT2D eigenvalue weighted by Crippen LogP contribution is -2.24. The van der Waals surface area contributed by atoms with Gasteiger partial charge < -0.3 is 9.67 Å². The molecule has 2 unspecified atom stereocenters. The fourth-order valence-corrected chi connectivity index (χ4v) is 5.10. The highest BCUT2D eigenvalue weighted by Gasteiger charge is 2.32. The number of imidazole rings is 1. The highest BCUT2D eigenvalue weighted by molar-refractivity contribution is 6.09. The average Bonchev–Trinajstić information content (AvgIpc) is 3.44. The zero-order valence-corrected chi connectivity index (χ0v) is 18.9. The third kappa shape index (κ3) is 3.92. The summed E-state index contributed by atoms with van der Waals surface area (Å²) in [4.78, 5) is 35.8. The molecule has 0 radical (unpaired) electrons. The molecular formula is C26H28N4O3. The Kier molecular flexibility index (Phi) is 5.48. The van der Waals surface area contributed by atoms with E-state index < -0.39 is 5.97 Å². The minimum absolute atomic E-state index is 0.0608. The summed E-state index contributed by atoms with van der Waals surface area (Å²) < 4.78 is 2.06. The van der Waals surface area contributed by atoms with Gasteiger partial charge in [-0.05, 0) is 68.4 Å². The lowest BCUT2D eigenvalue weighted by molar-refractivity contribution is -0.143. The number of carbonyl (C=O) groups excluding carboxylic acids is 1. The molecule has 1 aliphatic heterocycles. The van der Waals surface area contributed by atoms with Crippen LogP contribution in [0, 0.1) is 5.92 Å². The maximum Gasteiger partial charge on any atom is 0.306 e. The van der Waals surface area contributed by atoms with Crippen LogP contribution in [0.3, 0.4) is 0 Å². The van der Waals surface area contributed by atoms with Gasteiger partial charge in [0.2, 0.25) is 0 Å². The Morgan fingerprint density at radius 1 is 1.18 bits per heavy atom. The van der Waals surface area contributed by atoms with Crippen LogP contribution in [0.15, 0.2) is 48.8 Å². The van der Waals surface area contributed by atoms with Gasteiger partial charge in [-0.2, -0.15) is 0 Å². The first-order valence-electron chi connectivity index (χ1n) is 11.6. The number of rotatable bonds is 5. The molecule has 3 heterocycles. The second-order valence-corrected chi connectivity index (χ2v) is 9.34. The van der Waals surface area contributed by atoms with E-state index in [1.54, 1.807) is 11.1 Å². The number of nitrogens with zero attached hydrogens (tertiary/aromatic N) is 4. The fraction of sp³-hybridized carbons (Fsp3) is 0.385. The number of carboxylic acids is 1. The van der Waals surface area contributed by atoms with Gasteiger partial charge in [0.25, 0.3) is 5.91 Å². The topological polar surface area (TPSA) is 88.3 Å². The number of aliphatic carboxylic acids is 1. The van der Waals surface area contributed by atoms with Gasteiger partial charge in [0.1, 0.15) is 11.5 Å². The summed E-state index contributed by atoms with van der Waals surface area (Å²) in [5.41, 5.74) is 3.47. The summed E-state index contributed by atoms with van der Waals surface area (Å²) in [5.74, 6) is 0.500. The van der Waals surface area contributed by atoms with Gasteiger partial charge in [0, 0.05) is 24.0 Å². The van der Waals surface area contributed by atoms with Crippen LogP contribution in [0.4, 0.5) is 5.82 Å². The Morgan fingerprint density at radius 3 is 2.82 bits per heavy atom. The number of fused-ring (bicyclic) bond motifs is 1. The Balaban J connectivity index is 1.41. The van der Waals surface area contributed by atoms with E-state index in [0.29, 0.717) is 24.3 Å². The lowest BCUT2D eigenvalue weighted by Gasteiger charge is -2.27. The van der Waals surface area contributed by atoms with Gasteiger partial charge in [-0.15, -0.1) is 0 Å². The van der Waals surface area contributed by atoms with Crippen LogP contribution in [-0.2, 0) is 11.3 Å². The molecule has 0 saturated heterocycles.